The van der Waals surface area contributed by atoms with Crippen LogP contribution in [-0.4, -0.2) is 18.0 Å². The van der Waals surface area contributed by atoms with E-state index in [2.05, 4.69) is 10.6 Å². The van der Waals surface area contributed by atoms with Crippen LogP contribution in [0.2, 0.25) is 0 Å². The van der Waals surface area contributed by atoms with E-state index >= 15 is 0 Å². The number of hydrogen-bond acceptors (Lipinski definition) is 2. The molecule has 10 heavy (non-hydrogen) atoms. The number of carbonyl (C=O) groups is 2. The molecule has 0 aromatic carbocycles. The molecule has 1 saturated heterocycles. The first-order valence-corrected chi connectivity index (χ1v) is 3.22. The highest BCUT2D eigenvalue weighted by molar-refractivity contribution is 5.98. The van der Waals surface area contributed by atoms with E-state index in [0.717, 1.165) is 0 Å². The van der Waals surface area contributed by atoms with Crippen molar-refractivity contribution in [2.75, 3.05) is 0 Å². The van der Waals surface area contributed by atoms with E-state index in [9.17, 15) is 9.59 Å². The number of carbonyl (C=O) groups excluding carboxylic acids is 2. The Kier molecular flexibility index (Phi) is 1.61. The molecule has 0 saturated carbocycles. The van der Waals surface area contributed by atoms with Crippen LogP contribution < -0.4 is 10.6 Å². The lowest BCUT2D eigenvalue weighted by Crippen LogP contribution is -2.56. The van der Waals surface area contributed by atoms with Crippen LogP contribution >= 0.6 is 0 Å². The summed E-state index contributed by atoms with van der Waals surface area (Å²) in [6.07, 6.45) is 0. The summed E-state index contributed by atoms with van der Waals surface area (Å²) in [5.41, 5.74) is 0. The average molecular weight is 142 g/mol. The van der Waals surface area contributed by atoms with Gasteiger partial charge in [0.15, 0.2) is 0 Å². The minimum absolute atomic E-state index is 0.0544. The maximum atomic E-state index is 10.8. The molecular formula is C6H10N2O2. The van der Waals surface area contributed by atoms with Crippen molar-refractivity contribution in [2.45, 2.75) is 19.9 Å². The van der Waals surface area contributed by atoms with Gasteiger partial charge in [-0.05, 0) is 6.92 Å². The molecule has 1 rings (SSSR count). The van der Waals surface area contributed by atoms with Gasteiger partial charge in [-0.2, -0.15) is 0 Å². The summed E-state index contributed by atoms with van der Waals surface area (Å²) in [6.45, 7) is 3.58. The predicted octanol–water partition coefficient (Wildman–Crippen LogP) is -0.150. The second-order valence-corrected chi connectivity index (χ2v) is 2.54. The summed E-state index contributed by atoms with van der Waals surface area (Å²) in [5, 5.41) is 4.76. The maximum absolute atomic E-state index is 10.8. The zero-order chi connectivity index (χ0) is 7.72. The van der Waals surface area contributed by atoms with Gasteiger partial charge in [0.2, 0.25) is 5.91 Å². The highest BCUT2D eigenvalue weighted by Crippen LogP contribution is 2.05. The maximum Gasteiger partial charge on any atom is 0.321 e. The van der Waals surface area contributed by atoms with Gasteiger partial charge in [0, 0.05) is 6.04 Å². The molecule has 0 bridgehead atoms. The molecule has 4 heteroatoms. The lowest BCUT2D eigenvalue weighted by atomic mass is 10.0. The van der Waals surface area contributed by atoms with E-state index in [-0.39, 0.29) is 17.9 Å². The normalized spacial score (nSPS) is 33.0. The zero-order valence-electron chi connectivity index (χ0n) is 5.97. The van der Waals surface area contributed by atoms with Crippen molar-refractivity contribution in [3.8, 4) is 0 Å². The van der Waals surface area contributed by atoms with Gasteiger partial charge >= 0.3 is 6.03 Å². The van der Waals surface area contributed by atoms with Gasteiger partial charge in [-0.15, -0.1) is 0 Å². The van der Waals surface area contributed by atoms with Crippen LogP contribution in [-0.2, 0) is 4.79 Å². The Bertz CT molecular complexity index is 179. The van der Waals surface area contributed by atoms with Crippen LogP contribution in [0.3, 0.4) is 0 Å². The fourth-order valence-electron chi connectivity index (χ4n) is 0.821. The van der Waals surface area contributed by atoms with Crippen molar-refractivity contribution in [2.24, 2.45) is 5.92 Å². The van der Waals surface area contributed by atoms with Crippen molar-refractivity contribution >= 4 is 11.9 Å². The van der Waals surface area contributed by atoms with Crippen molar-refractivity contribution in [3.63, 3.8) is 0 Å². The SMILES string of the molecule is CC1NC(=O)NC(=O)C1C. The van der Waals surface area contributed by atoms with E-state index in [4.69, 9.17) is 0 Å². The van der Waals surface area contributed by atoms with E-state index in [1.165, 1.54) is 0 Å². The molecule has 2 atom stereocenters. The van der Waals surface area contributed by atoms with Crippen molar-refractivity contribution < 1.29 is 9.59 Å². The average Bonchev–Trinajstić information content (AvgIpc) is 1.82. The molecule has 0 aromatic heterocycles. The summed E-state index contributed by atoms with van der Waals surface area (Å²) in [5.74, 6) is -0.325. The fraction of sp³-hybridized carbons (Fsp3) is 0.667. The Labute approximate surface area is 59.0 Å². The highest BCUT2D eigenvalue weighted by atomic mass is 16.2. The molecule has 2 N–H and O–H groups in total. The van der Waals surface area contributed by atoms with Crippen LogP contribution in [0.5, 0.6) is 0 Å². The Morgan fingerprint density at radius 1 is 1.30 bits per heavy atom. The van der Waals surface area contributed by atoms with Crippen LogP contribution in [0.4, 0.5) is 4.79 Å². The lowest BCUT2D eigenvalue weighted by molar-refractivity contribution is -0.124. The highest BCUT2D eigenvalue weighted by Gasteiger charge is 2.27. The number of imide groups is 1. The summed E-state index contributed by atoms with van der Waals surface area (Å²) in [6, 6.07) is -0.447. The largest absolute Gasteiger partial charge is 0.335 e. The zero-order valence-corrected chi connectivity index (χ0v) is 5.97. The van der Waals surface area contributed by atoms with Gasteiger partial charge in [-0.1, -0.05) is 6.92 Å². The monoisotopic (exact) mass is 142 g/mol. The first kappa shape index (κ1) is 7.05. The minimum Gasteiger partial charge on any atom is -0.335 e. The number of rotatable bonds is 0. The predicted molar refractivity (Wildman–Crippen MR) is 35.3 cm³/mol. The number of amides is 3. The van der Waals surface area contributed by atoms with Gasteiger partial charge in [-0.3, -0.25) is 10.1 Å². The topological polar surface area (TPSA) is 58.2 Å². The summed E-state index contributed by atoms with van der Waals surface area (Å²) >= 11 is 0. The van der Waals surface area contributed by atoms with E-state index in [1.54, 1.807) is 13.8 Å². The van der Waals surface area contributed by atoms with Gasteiger partial charge in [0.1, 0.15) is 0 Å². The molecule has 0 aliphatic carbocycles. The molecule has 3 amide bonds. The van der Waals surface area contributed by atoms with Crippen LogP contribution in [0.25, 0.3) is 0 Å². The number of nitrogens with one attached hydrogen (secondary N) is 2. The van der Waals surface area contributed by atoms with Crippen molar-refractivity contribution in [1.29, 1.82) is 0 Å². The standard InChI is InChI=1S/C6H10N2O2/c1-3-4(2)7-6(10)8-5(3)9/h3-4H,1-2H3,(H2,7,8,9,10). The third kappa shape index (κ3) is 1.10. The van der Waals surface area contributed by atoms with Gasteiger partial charge in [-0.25, -0.2) is 4.79 Å². The van der Waals surface area contributed by atoms with Crippen molar-refractivity contribution in [1.82, 2.24) is 10.6 Å². The van der Waals surface area contributed by atoms with E-state index in [0.29, 0.717) is 0 Å². The molecule has 1 aliphatic rings. The molecule has 1 fully saturated rings. The smallest absolute Gasteiger partial charge is 0.321 e. The molecule has 1 aliphatic heterocycles. The van der Waals surface area contributed by atoms with Gasteiger partial charge < -0.3 is 5.32 Å². The van der Waals surface area contributed by atoms with E-state index < -0.39 is 6.03 Å². The van der Waals surface area contributed by atoms with Crippen LogP contribution in [0.15, 0.2) is 0 Å². The third-order valence-corrected chi connectivity index (χ3v) is 1.76. The molecule has 56 valence electrons. The second-order valence-electron chi connectivity index (χ2n) is 2.54. The number of urea groups is 1. The van der Waals surface area contributed by atoms with Gasteiger partial charge in [0.05, 0.1) is 5.92 Å². The summed E-state index contributed by atoms with van der Waals surface area (Å²) in [7, 11) is 0. The Morgan fingerprint density at radius 2 is 1.90 bits per heavy atom. The minimum atomic E-state index is -0.393. The molecule has 2 unspecified atom stereocenters. The molecular weight excluding hydrogens is 132 g/mol. The molecule has 0 aromatic rings. The molecule has 0 spiro atoms. The van der Waals surface area contributed by atoms with Gasteiger partial charge in [0.25, 0.3) is 0 Å². The van der Waals surface area contributed by atoms with Crippen molar-refractivity contribution in [3.05, 3.63) is 0 Å². The lowest BCUT2D eigenvalue weighted by Gasteiger charge is -2.25. The third-order valence-electron chi connectivity index (χ3n) is 1.76. The summed E-state index contributed by atoms with van der Waals surface area (Å²) < 4.78 is 0. The van der Waals surface area contributed by atoms with Crippen LogP contribution in [0, 0.1) is 5.92 Å². The second kappa shape index (κ2) is 2.28. The molecule has 1 heterocycles. The molecule has 4 nitrogen and oxygen atoms in total. The Balaban J connectivity index is 2.66. The fourth-order valence-corrected chi connectivity index (χ4v) is 0.821. The summed E-state index contributed by atoms with van der Waals surface area (Å²) in [4.78, 5) is 21.4. The first-order valence-electron chi connectivity index (χ1n) is 3.22. The Hall–Kier alpha value is -1.06. The Morgan fingerprint density at radius 3 is 2.40 bits per heavy atom. The molecule has 0 radical (unpaired) electrons. The van der Waals surface area contributed by atoms with Crippen LogP contribution in [0.1, 0.15) is 13.8 Å². The first-order chi connectivity index (χ1) is 4.61. The quantitative estimate of drug-likeness (QED) is 0.494. The number of hydrogen-bond donors (Lipinski definition) is 2. The van der Waals surface area contributed by atoms with E-state index in [1.807, 2.05) is 0 Å².